The van der Waals surface area contributed by atoms with Gasteiger partial charge in [-0.1, -0.05) is 57.5 Å². The Hall–Kier alpha value is -4.99. The van der Waals surface area contributed by atoms with Gasteiger partial charge in [-0.25, -0.2) is 9.83 Å². The monoisotopic (exact) mass is 805 g/mol. The number of likely N-dealkylation sites (tertiary alicyclic amines) is 1. The molecule has 1 unspecified atom stereocenters. The van der Waals surface area contributed by atoms with Gasteiger partial charge in [0, 0.05) is 61.2 Å². The van der Waals surface area contributed by atoms with Crippen molar-refractivity contribution in [3.05, 3.63) is 93.4 Å². The third kappa shape index (κ3) is 7.55. The van der Waals surface area contributed by atoms with Gasteiger partial charge in [0.1, 0.15) is 23.7 Å². The number of ether oxygens (including phenoxy) is 1. The molecule has 2 aromatic carbocycles. The van der Waals surface area contributed by atoms with E-state index in [1.165, 1.54) is 5.56 Å². The molecule has 58 heavy (non-hydrogen) atoms. The number of benzene rings is 2. The summed E-state index contributed by atoms with van der Waals surface area (Å²) in [5, 5.41) is 6.00. The standard InChI is InChI=1S/C45H52ClN7O5/c1-44(2)42(45(3,4)43(44)58-32-8-10-35(47-5)34(46)23-32)50-39(55)30-7-12-37(48-24-30)52-20-14-27(15-21-52)25-51-18-16-28(17-19-51)29-6-9-33-31(22-29)26-53(41(33)57)36-11-13-38(54)49-40(36)56/h6-10,12,22-24,27-28,36,42-43H,11,13-21,25-26H2,1-4H3,(H,50,55)(H,49,54,56). The largest absolute Gasteiger partial charge is 0.489 e. The first-order chi connectivity index (χ1) is 27.7. The number of piperidine rings is 3. The first-order valence-electron chi connectivity index (χ1n) is 20.6. The molecule has 0 radical (unpaired) electrons. The highest BCUT2D eigenvalue weighted by Crippen LogP contribution is 2.55. The molecule has 8 rings (SSSR count). The van der Waals surface area contributed by atoms with E-state index >= 15 is 0 Å². The lowest BCUT2D eigenvalue weighted by molar-refractivity contribution is -0.164. The van der Waals surface area contributed by atoms with Gasteiger partial charge in [0.15, 0.2) is 0 Å². The van der Waals surface area contributed by atoms with Gasteiger partial charge in [0.2, 0.25) is 17.5 Å². The van der Waals surface area contributed by atoms with E-state index in [1.807, 2.05) is 18.2 Å². The van der Waals surface area contributed by atoms with Gasteiger partial charge in [0.25, 0.3) is 11.8 Å². The number of hydrogen-bond donors (Lipinski definition) is 2. The summed E-state index contributed by atoms with van der Waals surface area (Å²) < 4.78 is 6.39. The summed E-state index contributed by atoms with van der Waals surface area (Å²) in [6.45, 7) is 21.1. The number of halogens is 1. The molecule has 4 fully saturated rings. The number of rotatable bonds is 9. The summed E-state index contributed by atoms with van der Waals surface area (Å²) in [5.74, 6) is 1.64. The van der Waals surface area contributed by atoms with Crippen molar-refractivity contribution in [2.24, 2.45) is 16.7 Å². The van der Waals surface area contributed by atoms with E-state index in [4.69, 9.17) is 27.9 Å². The minimum atomic E-state index is -0.592. The van der Waals surface area contributed by atoms with Crippen molar-refractivity contribution in [3.63, 3.8) is 0 Å². The number of fused-ring (bicyclic) bond motifs is 1. The van der Waals surface area contributed by atoms with Crippen molar-refractivity contribution in [2.75, 3.05) is 37.6 Å². The number of carbonyl (C=O) groups is 4. The van der Waals surface area contributed by atoms with E-state index in [0.717, 1.165) is 69.8 Å². The molecule has 3 saturated heterocycles. The Morgan fingerprint density at radius 1 is 0.966 bits per heavy atom. The summed E-state index contributed by atoms with van der Waals surface area (Å²) in [6, 6.07) is 14.4. The molecule has 4 aliphatic heterocycles. The lowest BCUT2D eigenvalue weighted by Crippen LogP contribution is -2.74. The summed E-state index contributed by atoms with van der Waals surface area (Å²) in [4.78, 5) is 65.4. The third-order valence-electron chi connectivity index (χ3n) is 13.5. The average molecular weight is 806 g/mol. The predicted octanol–water partition coefficient (Wildman–Crippen LogP) is 6.75. The fourth-order valence-electron chi connectivity index (χ4n) is 10.5. The molecular weight excluding hydrogens is 754 g/mol. The molecule has 0 spiro atoms. The minimum absolute atomic E-state index is 0.124. The van der Waals surface area contributed by atoms with E-state index in [0.29, 0.717) is 52.4 Å². The van der Waals surface area contributed by atoms with E-state index < -0.39 is 6.04 Å². The first-order valence-corrected chi connectivity index (χ1v) is 21.0. The molecule has 4 amide bonds. The zero-order chi connectivity index (χ0) is 40.9. The van der Waals surface area contributed by atoms with Crippen LogP contribution >= 0.6 is 11.6 Å². The van der Waals surface area contributed by atoms with Crippen LogP contribution in [0, 0.1) is 23.3 Å². The number of nitrogens with one attached hydrogen (secondary N) is 2. The smallest absolute Gasteiger partial charge is 0.255 e. The second kappa shape index (κ2) is 15.6. The maximum Gasteiger partial charge on any atom is 0.255 e. The van der Waals surface area contributed by atoms with Crippen molar-refractivity contribution in [3.8, 4) is 5.75 Å². The number of amides is 4. The highest BCUT2D eigenvalue weighted by Gasteiger charge is 2.64. The van der Waals surface area contributed by atoms with E-state index in [9.17, 15) is 19.2 Å². The highest BCUT2D eigenvalue weighted by molar-refractivity contribution is 6.33. The Morgan fingerprint density at radius 3 is 2.36 bits per heavy atom. The predicted molar refractivity (Wildman–Crippen MR) is 221 cm³/mol. The summed E-state index contributed by atoms with van der Waals surface area (Å²) >= 11 is 6.26. The van der Waals surface area contributed by atoms with Crippen LogP contribution in [0.15, 0.2) is 54.7 Å². The quantitative estimate of drug-likeness (QED) is 0.180. The normalized spacial score (nSPS) is 24.8. The molecule has 0 bridgehead atoms. The van der Waals surface area contributed by atoms with Gasteiger partial charge in [-0.05, 0) is 98.5 Å². The van der Waals surface area contributed by atoms with Gasteiger partial charge >= 0.3 is 0 Å². The van der Waals surface area contributed by atoms with Crippen LogP contribution < -0.4 is 20.3 Å². The number of imide groups is 1. The molecule has 3 aromatic rings. The Balaban J connectivity index is 0.781. The fourth-order valence-corrected chi connectivity index (χ4v) is 10.7. The van der Waals surface area contributed by atoms with Crippen LogP contribution in [0.25, 0.3) is 4.85 Å². The van der Waals surface area contributed by atoms with Crippen LogP contribution in [-0.4, -0.2) is 89.3 Å². The number of anilines is 1. The molecule has 12 nitrogen and oxygen atoms in total. The zero-order valence-corrected chi connectivity index (χ0v) is 34.5. The Labute approximate surface area is 345 Å². The van der Waals surface area contributed by atoms with Crippen molar-refractivity contribution in [1.29, 1.82) is 0 Å². The molecule has 13 heteroatoms. The molecule has 1 atom stereocenters. The maximum atomic E-state index is 13.5. The van der Waals surface area contributed by atoms with Crippen LogP contribution in [0.2, 0.25) is 5.02 Å². The Morgan fingerprint density at radius 2 is 1.71 bits per heavy atom. The fraction of sp³-hybridized carbons (Fsp3) is 0.511. The Bertz CT molecular complexity index is 2130. The molecule has 2 N–H and O–H groups in total. The van der Waals surface area contributed by atoms with E-state index in [-0.39, 0.29) is 53.0 Å². The van der Waals surface area contributed by atoms with Crippen LogP contribution in [0.5, 0.6) is 5.75 Å². The topological polar surface area (TPSA) is 129 Å². The van der Waals surface area contributed by atoms with Crippen LogP contribution in [-0.2, 0) is 16.1 Å². The molecule has 5 aliphatic rings. The van der Waals surface area contributed by atoms with Gasteiger partial charge in [-0.15, -0.1) is 0 Å². The number of aromatic nitrogens is 1. The van der Waals surface area contributed by atoms with Gasteiger partial charge in [-0.3, -0.25) is 24.5 Å². The van der Waals surface area contributed by atoms with E-state index in [2.05, 4.69) is 65.1 Å². The lowest BCUT2D eigenvalue weighted by Gasteiger charge is -2.63. The van der Waals surface area contributed by atoms with Crippen LogP contribution in [0.3, 0.4) is 0 Å². The number of nitrogens with zero attached hydrogens (tertiary/aromatic N) is 5. The SMILES string of the molecule is [C-]#[N+]c1ccc(OC2C(C)(C)C(NC(=O)c3ccc(N4CCC(CN5CCC(c6ccc7c(c6)CN(C6CCC(=O)NC6=O)C7=O)CC5)CC4)nc3)C2(C)C)cc1Cl. The number of carbonyl (C=O) groups excluding carboxylic acids is 4. The van der Waals surface area contributed by atoms with Crippen molar-refractivity contribution in [1.82, 2.24) is 25.4 Å². The molecular formula is C45H52ClN7O5. The Kier molecular flexibility index (Phi) is 10.7. The van der Waals surface area contributed by atoms with Gasteiger partial charge in [0.05, 0.1) is 17.2 Å². The third-order valence-corrected chi connectivity index (χ3v) is 13.8. The highest BCUT2D eigenvalue weighted by atomic mass is 35.5. The summed E-state index contributed by atoms with van der Waals surface area (Å²) in [6.07, 6.45) is 6.47. The molecule has 5 heterocycles. The first kappa shape index (κ1) is 39.8. The molecule has 1 saturated carbocycles. The lowest BCUT2D eigenvalue weighted by atomic mass is 9.49. The van der Waals surface area contributed by atoms with Crippen molar-refractivity contribution in [2.45, 2.75) is 96.9 Å². The van der Waals surface area contributed by atoms with Crippen molar-refractivity contribution < 1.29 is 23.9 Å². The van der Waals surface area contributed by atoms with Crippen molar-refractivity contribution >= 4 is 46.7 Å². The second-order valence-corrected chi connectivity index (χ2v) is 18.4. The average Bonchev–Trinajstić information content (AvgIpc) is 3.54. The second-order valence-electron chi connectivity index (χ2n) is 18.0. The summed E-state index contributed by atoms with van der Waals surface area (Å²) in [5.41, 5.74) is 3.12. The van der Waals surface area contributed by atoms with Gasteiger partial charge < -0.3 is 24.8 Å². The van der Waals surface area contributed by atoms with Crippen LogP contribution in [0.4, 0.5) is 11.5 Å². The van der Waals surface area contributed by atoms with Crippen LogP contribution in [0.1, 0.15) is 104 Å². The maximum absolute atomic E-state index is 13.5. The van der Waals surface area contributed by atoms with E-state index in [1.54, 1.807) is 29.3 Å². The number of pyridine rings is 1. The minimum Gasteiger partial charge on any atom is -0.489 e. The summed E-state index contributed by atoms with van der Waals surface area (Å²) in [7, 11) is 0. The molecule has 304 valence electrons. The molecule has 1 aromatic heterocycles. The zero-order valence-electron chi connectivity index (χ0n) is 33.7. The van der Waals surface area contributed by atoms with Gasteiger partial charge in [-0.2, -0.15) is 0 Å². The number of hydrogen-bond acceptors (Lipinski definition) is 8. The molecule has 1 aliphatic carbocycles.